The summed E-state index contributed by atoms with van der Waals surface area (Å²) in [6, 6.07) is 5.10. The summed E-state index contributed by atoms with van der Waals surface area (Å²) >= 11 is 1.87. The zero-order valence-corrected chi connectivity index (χ0v) is 10.9. The second kappa shape index (κ2) is 6.38. The van der Waals surface area contributed by atoms with Crippen LogP contribution in [-0.4, -0.2) is 37.6 Å². The zero-order valence-electron chi connectivity index (χ0n) is 10.1. The molecule has 0 aliphatic carbocycles. The summed E-state index contributed by atoms with van der Waals surface area (Å²) in [4.78, 5) is 3.96. The van der Waals surface area contributed by atoms with Crippen LogP contribution in [0.2, 0.25) is 0 Å². The topological polar surface area (TPSA) is 15.3 Å². The Morgan fingerprint density at radius 3 is 3.12 bits per heavy atom. The molecule has 0 saturated carbocycles. The molecule has 1 aromatic heterocycles. The van der Waals surface area contributed by atoms with Crippen molar-refractivity contribution in [2.45, 2.75) is 31.7 Å². The van der Waals surface area contributed by atoms with Crippen LogP contribution in [-0.2, 0) is 6.42 Å². The Balaban J connectivity index is 1.65. The first-order chi connectivity index (χ1) is 7.84. The lowest BCUT2D eigenvalue weighted by Gasteiger charge is -2.28. The molecule has 0 aromatic carbocycles. The van der Waals surface area contributed by atoms with E-state index in [1.54, 1.807) is 0 Å². The molecule has 90 valence electrons. The van der Waals surface area contributed by atoms with E-state index in [1.807, 2.05) is 11.3 Å². The van der Waals surface area contributed by atoms with E-state index >= 15 is 0 Å². The number of hydrogen-bond donors (Lipinski definition) is 1. The highest BCUT2D eigenvalue weighted by molar-refractivity contribution is 7.09. The van der Waals surface area contributed by atoms with Gasteiger partial charge in [0.15, 0.2) is 0 Å². The van der Waals surface area contributed by atoms with Crippen LogP contribution < -0.4 is 5.32 Å². The van der Waals surface area contributed by atoms with Gasteiger partial charge in [0, 0.05) is 24.0 Å². The Hall–Kier alpha value is -0.380. The number of nitrogens with zero attached hydrogens (tertiary/aromatic N) is 1. The van der Waals surface area contributed by atoms with E-state index in [0.717, 1.165) is 6.04 Å². The predicted octanol–water partition coefficient (Wildman–Crippen LogP) is 2.36. The predicted molar refractivity (Wildman–Crippen MR) is 71.2 cm³/mol. The van der Waals surface area contributed by atoms with E-state index in [9.17, 15) is 0 Å². The van der Waals surface area contributed by atoms with Crippen LogP contribution >= 0.6 is 11.3 Å². The van der Waals surface area contributed by atoms with Crippen molar-refractivity contribution in [2.24, 2.45) is 0 Å². The Morgan fingerprint density at radius 2 is 2.44 bits per heavy atom. The minimum absolute atomic E-state index is 0.724. The van der Waals surface area contributed by atoms with Crippen molar-refractivity contribution in [3.05, 3.63) is 22.4 Å². The molecule has 3 heteroatoms. The fraction of sp³-hybridized carbons (Fsp3) is 0.692. The summed E-state index contributed by atoms with van der Waals surface area (Å²) in [7, 11) is 2.24. The second-order valence-electron chi connectivity index (χ2n) is 4.74. The standard InChI is InChI=1S/C13H22N2S/c1-15(9-7-13-6-4-10-16-13)11-12-5-2-3-8-14-12/h4,6,10,12,14H,2-3,5,7-9,11H2,1H3. The third-order valence-corrected chi connectivity index (χ3v) is 4.20. The molecule has 1 saturated heterocycles. The van der Waals surface area contributed by atoms with Crippen molar-refractivity contribution < 1.29 is 0 Å². The molecule has 2 heterocycles. The molecule has 1 aliphatic rings. The SMILES string of the molecule is CN(CCc1cccs1)CC1CCCCN1. The van der Waals surface area contributed by atoms with Gasteiger partial charge in [0.2, 0.25) is 0 Å². The van der Waals surface area contributed by atoms with Crippen molar-refractivity contribution in [1.29, 1.82) is 0 Å². The Kier molecular flexibility index (Phi) is 4.82. The van der Waals surface area contributed by atoms with E-state index in [0.29, 0.717) is 0 Å². The molecule has 0 spiro atoms. The molecule has 1 N–H and O–H groups in total. The Bertz CT molecular complexity index is 278. The summed E-state index contributed by atoms with van der Waals surface area (Å²) in [5.41, 5.74) is 0. The minimum Gasteiger partial charge on any atom is -0.313 e. The van der Waals surface area contributed by atoms with Gasteiger partial charge in [-0.1, -0.05) is 12.5 Å². The van der Waals surface area contributed by atoms with Gasteiger partial charge in [0.25, 0.3) is 0 Å². The van der Waals surface area contributed by atoms with E-state index in [1.165, 1.54) is 50.2 Å². The van der Waals surface area contributed by atoms with Gasteiger partial charge in [-0.05, 0) is 44.3 Å². The fourth-order valence-electron chi connectivity index (χ4n) is 2.30. The van der Waals surface area contributed by atoms with Crippen LogP contribution in [0.4, 0.5) is 0 Å². The molecule has 2 nitrogen and oxygen atoms in total. The fourth-order valence-corrected chi connectivity index (χ4v) is 3.00. The quantitative estimate of drug-likeness (QED) is 0.847. The average Bonchev–Trinajstić information content (AvgIpc) is 2.81. The van der Waals surface area contributed by atoms with E-state index in [2.05, 4.69) is 34.8 Å². The lowest BCUT2D eigenvalue weighted by molar-refractivity contribution is 0.265. The van der Waals surface area contributed by atoms with Crippen molar-refractivity contribution in [3.63, 3.8) is 0 Å². The van der Waals surface area contributed by atoms with Gasteiger partial charge < -0.3 is 10.2 Å². The first-order valence-electron chi connectivity index (χ1n) is 6.29. The minimum atomic E-state index is 0.724. The molecule has 16 heavy (non-hydrogen) atoms. The third kappa shape index (κ3) is 3.89. The van der Waals surface area contributed by atoms with Crippen LogP contribution in [0.25, 0.3) is 0 Å². The largest absolute Gasteiger partial charge is 0.313 e. The van der Waals surface area contributed by atoms with Crippen molar-refractivity contribution >= 4 is 11.3 Å². The Labute approximate surface area is 103 Å². The highest BCUT2D eigenvalue weighted by atomic mass is 32.1. The molecule has 2 rings (SSSR count). The molecule has 0 amide bonds. The van der Waals surface area contributed by atoms with Gasteiger partial charge in [-0.3, -0.25) is 0 Å². The van der Waals surface area contributed by atoms with Gasteiger partial charge in [0.1, 0.15) is 0 Å². The highest BCUT2D eigenvalue weighted by Gasteiger charge is 2.14. The van der Waals surface area contributed by atoms with Gasteiger partial charge in [-0.2, -0.15) is 0 Å². The van der Waals surface area contributed by atoms with Gasteiger partial charge in [0.05, 0.1) is 0 Å². The van der Waals surface area contributed by atoms with Crippen LogP contribution in [0, 0.1) is 0 Å². The zero-order chi connectivity index (χ0) is 11.2. The normalized spacial score (nSPS) is 21.5. The van der Waals surface area contributed by atoms with E-state index in [-0.39, 0.29) is 0 Å². The summed E-state index contributed by atoms with van der Waals surface area (Å²) in [6.07, 6.45) is 5.30. The van der Waals surface area contributed by atoms with E-state index < -0.39 is 0 Å². The summed E-state index contributed by atoms with van der Waals surface area (Å²) < 4.78 is 0. The van der Waals surface area contributed by atoms with Crippen molar-refractivity contribution in [2.75, 3.05) is 26.7 Å². The molecule has 0 bridgehead atoms. The molecule has 1 unspecified atom stereocenters. The van der Waals surface area contributed by atoms with Crippen LogP contribution in [0.5, 0.6) is 0 Å². The molecule has 1 aromatic rings. The number of hydrogen-bond acceptors (Lipinski definition) is 3. The summed E-state index contributed by atoms with van der Waals surface area (Å²) in [5, 5.41) is 5.77. The number of piperidine rings is 1. The van der Waals surface area contributed by atoms with Crippen LogP contribution in [0.1, 0.15) is 24.1 Å². The lowest BCUT2D eigenvalue weighted by Crippen LogP contribution is -2.42. The summed E-state index contributed by atoms with van der Waals surface area (Å²) in [5.74, 6) is 0. The van der Waals surface area contributed by atoms with Crippen LogP contribution in [0.15, 0.2) is 17.5 Å². The summed E-state index contributed by atoms with van der Waals surface area (Å²) in [6.45, 7) is 3.59. The maximum atomic E-state index is 3.60. The maximum Gasteiger partial charge on any atom is 0.0194 e. The third-order valence-electron chi connectivity index (χ3n) is 3.26. The van der Waals surface area contributed by atoms with Gasteiger partial charge in [-0.25, -0.2) is 0 Å². The number of likely N-dealkylation sites (N-methyl/N-ethyl adjacent to an activating group) is 1. The first kappa shape index (κ1) is 12.1. The van der Waals surface area contributed by atoms with Gasteiger partial charge >= 0.3 is 0 Å². The number of nitrogens with one attached hydrogen (secondary N) is 1. The molecule has 1 aliphatic heterocycles. The average molecular weight is 238 g/mol. The molecule has 0 radical (unpaired) electrons. The van der Waals surface area contributed by atoms with E-state index in [4.69, 9.17) is 0 Å². The van der Waals surface area contributed by atoms with Crippen molar-refractivity contribution in [1.82, 2.24) is 10.2 Å². The van der Waals surface area contributed by atoms with Crippen molar-refractivity contribution in [3.8, 4) is 0 Å². The smallest absolute Gasteiger partial charge is 0.0194 e. The number of rotatable bonds is 5. The lowest BCUT2D eigenvalue weighted by atomic mass is 10.0. The highest BCUT2D eigenvalue weighted by Crippen LogP contribution is 2.11. The molecule has 1 atom stereocenters. The second-order valence-corrected chi connectivity index (χ2v) is 5.77. The molecule has 1 fully saturated rings. The number of thiophene rings is 1. The maximum absolute atomic E-state index is 3.60. The Morgan fingerprint density at radius 1 is 1.50 bits per heavy atom. The molecular formula is C13H22N2S. The molecular weight excluding hydrogens is 216 g/mol. The first-order valence-corrected chi connectivity index (χ1v) is 7.17. The van der Waals surface area contributed by atoms with Crippen LogP contribution in [0.3, 0.4) is 0 Å². The van der Waals surface area contributed by atoms with Gasteiger partial charge in [-0.15, -0.1) is 11.3 Å². The monoisotopic (exact) mass is 238 g/mol.